The second-order valence-electron chi connectivity index (χ2n) is 6.94. The number of fused-ring (bicyclic) bond motifs is 3. The van der Waals surface area contributed by atoms with Crippen molar-refractivity contribution in [3.8, 4) is 11.1 Å². The van der Waals surface area contributed by atoms with E-state index in [2.05, 4.69) is 0 Å². The predicted molar refractivity (Wildman–Crippen MR) is 99.5 cm³/mol. The number of rotatable bonds is 7. The molecule has 3 rings (SSSR count). The molecule has 0 spiro atoms. The lowest BCUT2D eigenvalue weighted by Gasteiger charge is -2.23. The average Bonchev–Trinajstić information content (AvgIpc) is 2.96. The Morgan fingerprint density at radius 2 is 1.61 bits per heavy atom. The van der Waals surface area contributed by atoms with E-state index >= 15 is 0 Å². The summed E-state index contributed by atoms with van der Waals surface area (Å²) < 4.78 is 31.6. The van der Waals surface area contributed by atoms with Gasteiger partial charge in [-0.3, -0.25) is 9.69 Å². The largest absolute Gasteiger partial charge is 0.480 e. The van der Waals surface area contributed by atoms with Crippen LogP contribution < -0.4 is 0 Å². The number of carboxylic acids is 1. The zero-order chi connectivity index (χ0) is 20.3. The molecule has 0 bridgehead atoms. The number of hydrogen-bond donors (Lipinski definition) is 1. The third-order valence-electron chi connectivity index (χ3n) is 4.74. The summed E-state index contributed by atoms with van der Waals surface area (Å²) in [6, 6.07) is 15.6. The summed E-state index contributed by atoms with van der Waals surface area (Å²) >= 11 is 0. The number of carboxylic acid groups (broad SMARTS) is 1. The number of benzene rings is 2. The number of hydrogen-bond acceptors (Lipinski definition) is 3. The van der Waals surface area contributed by atoms with E-state index < -0.39 is 37.5 Å². The first-order valence-electron chi connectivity index (χ1n) is 8.96. The lowest BCUT2D eigenvalue weighted by atomic mass is 9.98. The quantitative estimate of drug-likeness (QED) is 0.764. The molecular formula is C21H21F2NO4. The van der Waals surface area contributed by atoms with Crippen molar-refractivity contribution in [2.45, 2.75) is 25.2 Å². The smallest absolute Gasteiger partial charge is 0.410 e. The average molecular weight is 389 g/mol. The Labute approximate surface area is 161 Å². The van der Waals surface area contributed by atoms with Gasteiger partial charge in [-0.25, -0.2) is 13.6 Å². The van der Waals surface area contributed by atoms with E-state index in [0.29, 0.717) is 0 Å². The number of halogens is 2. The first-order valence-corrected chi connectivity index (χ1v) is 8.96. The molecule has 1 amide bonds. The minimum atomic E-state index is -3.00. The number of nitrogens with zero attached hydrogens (tertiary/aromatic N) is 1. The van der Waals surface area contributed by atoms with Gasteiger partial charge in [0.05, 0.1) is 0 Å². The van der Waals surface area contributed by atoms with Gasteiger partial charge in [0.2, 0.25) is 5.92 Å². The molecule has 0 heterocycles. The number of alkyl halides is 2. The number of amides is 1. The Balaban J connectivity index is 1.73. The maximum absolute atomic E-state index is 13.1. The number of aliphatic carboxylic acids is 1. The molecule has 0 saturated carbocycles. The molecule has 7 heteroatoms. The van der Waals surface area contributed by atoms with Crippen molar-refractivity contribution in [1.82, 2.24) is 4.90 Å². The minimum absolute atomic E-state index is 0.00545. The first-order chi connectivity index (χ1) is 13.3. The van der Waals surface area contributed by atoms with Gasteiger partial charge in [-0.15, -0.1) is 0 Å². The fraction of sp³-hybridized carbons (Fsp3) is 0.333. The van der Waals surface area contributed by atoms with Crippen LogP contribution in [0.4, 0.5) is 13.6 Å². The minimum Gasteiger partial charge on any atom is -0.480 e. The van der Waals surface area contributed by atoms with Gasteiger partial charge in [-0.2, -0.15) is 0 Å². The van der Waals surface area contributed by atoms with Crippen molar-refractivity contribution in [3.63, 3.8) is 0 Å². The fourth-order valence-corrected chi connectivity index (χ4v) is 3.41. The normalized spacial score (nSPS) is 13.0. The Kier molecular flexibility index (Phi) is 5.63. The molecule has 0 fully saturated rings. The van der Waals surface area contributed by atoms with Gasteiger partial charge in [-0.1, -0.05) is 48.5 Å². The summed E-state index contributed by atoms with van der Waals surface area (Å²) in [5.41, 5.74) is 4.15. The Hall–Kier alpha value is -2.96. The van der Waals surface area contributed by atoms with Crippen LogP contribution in [0.25, 0.3) is 11.1 Å². The van der Waals surface area contributed by atoms with Crippen molar-refractivity contribution >= 4 is 12.1 Å². The Morgan fingerprint density at radius 1 is 1.07 bits per heavy atom. The van der Waals surface area contributed by atoms with Crippen LogP contribution in [0.2, 0.25) is 0 Å². The van der Waals surface area contributed by atoms with E-state index in [-0.39, 0.29) is 12.5 Å². The summed E-state index contributed by atoms with van der Waals surface area (Å²) in [6.07, 6.45) is -1.54. The molecule has 1 aliphatic rings. The fourth-order valence-electron chi connectivity index (χ4n) is 3.41. The van der Waals surface area contributed by atoms with Crippen LogP contribution in [-0.2, 0) is 9.53 Å². The van der Waals surface area contributed by atoms with Gasteiger partial charge in [0, 0.05) is 18.9 Å². The van der Waals surface area contributed by atoms with Gasteiger partial charge < -0.3 is 9.84 Å². The first kappa shape index (κ1) is 19.8. The highest BCUT2D eigenvalue weighted by molar-refractivity contribution is 5.79. The van der Waals surface area contributed by atoms with Crippen LogP contribution in [0.3, 0.4) is 0 Å². The van der Waals surface area contributed by atoms with E-state index in [0.717, 1.165) is 34.1 Å². The van der Waals surface area contributed by atoms with Gasteiger partial charge in [0.15, 0.2) is 0 Å². The highest BCUT2D eigenvalue weighted by Gasteiger charge is 2.31. The summed E-state index contributed by atoms with van der Waals surface area (Å²) in [4.78, 5) is 24.2. The molecule has 0 saturated heterocycles. The number of ether oxygens (including phenoxy) is 1. The maximum Gasteiger partial charge on any atom is 0.410 e. The molecule has 0 radical (unpaired) electrons. The van der Waals surface area contributed by atoms with Crippen LogP contribution in [0.15, 0.2) is 48.5 Å². The zero-order valence-electron chi connectivity index (χ0n) is 15.4. The molecule has 1 aliphatic carbocycles. The van der Waals surface area contributed by atoms with Gasteiger partial charge in [0.1, 0.15) is 13.2 Å². The van der Waals surface area contributed by atoms with E-state index in [1.165, 1.54) is 0 Å². The predicted octanol–water partition coefficient (Wildman–Crippen LogP) is 4.37. The van der Waals surface area contributed by atoms with Crippen molar-refractivity contribution in [2.24, 2.45) is 0 Å². The third kappa shape index (κ3) is 4.47. The molecule has 2 aromatic carbocycles. The SMILES string of the molecule is CC(F)(F)CCN(CC(=O)O)C(=O)OCC1c2ccccc2-c2ccccc21. The summed E-state index contributed by atoms with van der Waals surface area (Å²) in [7, 11) is 0. The molecule has 0 atom stereocenters. The van der Waals surface area contributed by atoms with Gasteiger partial charge >= 0.3 is 12.1 Å². The maximum atomic E-state index is 13.1. The summed E-state index contributed by atoms with van der Waals surface area (Å²) in [5, 5.41) is 8.97. The van der Waals surface area contributed by atoms with Crippen molar-refractivity contribution < 1.29 is 28.2 Å². The van der Waals surface area contributed by atoms with Crippen molar-refractivity contribution in [2.75, 3.05) is 19.7 Å². The zero-order valence-corrected chi connectivity index (χ0v) is 15.4. The van der Waals surface area contributed by atoms with E-state index in [1.807, 2.05) is 48.5 Å². The molecule has 5 nitrogen and oxygen atoms in total. The van der Waals surface area contributed by atoms with Gasteiger partial charge in [-0.05, 0) is 29.2 Å². The standard InChI is InChI=1S/C21H21F2NO4/c1-21(22,23)10-11-24(12-19(25)26)20(27)28-13-18-16-8-4-2-6-14(16)15-7-3-5-9-17(15)18/h2-9,18H,10-13H2,1H3,(H,25,26). The van der Waals surface area contributed by atoms with Crippen LogP contribution in [-0.4, -0.2) is 47.7 Å². The summed E-state index contributed by atoms with van der Waals surface area (Å²) in [5.74, 6) is -4.47. The van der Waals surface area contributed by atoms with E-state index in [1.54, 1.807) is 0 Å². The second kappa shape index (κ2) is 7.96. The Morgan fingerprint density at radius 3 is 2.11 bits per heavy atom. The molecule has 0 aliphatic heterocycles. The number of carbonyl (C=O) groups excluding carboxylic acids is 1. The topological polar surface area (TPSA) is 66.8 Å². The third-order valence-corrected chi connectivity index (χ3v) is 4.74. The van der Waals surface area contributed by atoms with Gasteiger partial charge in [0.25, 0.3) is 0 Å². The second-order valence-corrected chi connectivity index (χ2v) is 6.94. The lowest BCUT2D eigenvalue weighted by molar-refractivity contribution is -0.138. The Bertz CT molecular complexity index is 833. The number of carbonyl (C=O) groups is 2. The summed E-state index contributed by atoms with van der Waals surface area (Å²) in [6.45, 7) is -0.353. The molecule has 2 aromatic rings. The highest BCUT2D eigenvalue weighted by Crippen LogP contribution is 2.44. The highest BCUT2D eigenvalue weighted by atomic mass is 19.3. The molecule has 1 N–H and O–H groups in total. The van der Waals surface area contributed by atoms with Crippen molar-refractivity contribution in [1.29, 1.82) is 0 Å². The van der Waals surface area contributed by atoms with Crippen molar-refractivity contribution in [3.05, 3.63) is 59.7 Å². The monoisotopic (exact) mass is 389 g/mol. The van der Waals surface area contributed by atoms with Crippen LogP contribution in [0.5, 0.6) is 0 Å². The van der Waals surface area contributed by atoms with E-state index in [9.17, 15) is 18.4 Å². The van der Waals surface area contributed by atoms with Crippen LogP contribution >= 0.6 is 0 Å². The van der Waals surface area contributed by atoms with E-state index in [4.69, 9.17) is 9.84 Å². The van der Waals surface area contributed by atoms with Crippen LogP contribution in [0.1, 0.15) is 30.4 Å². The molecular weight excluding hydrogens is 368 g/mol. The molecule has 0 aromatic heterocycles. The van der Waals surface area contributed by atoms with Crippen LogP contribution in [0, 0.1) is 0 Å². The molecule has 28 heavy (non-hydrogen) atoms. The lowest BCUT2D eigenvalue weighted by Crippen LogP contribution is -2.39. The molecule has 148 valence electrons. The molecule has 0 unspecified atom stereocenters.